The predicted molar refractivity (Wildman–Crippen MR) is 87.1 cm³/mol. The van der Waals surface area contributed by atoms with E-state index in [0.717, 1.165) is 11.4 Å². The summed E-state index contributed by atoms with van der Waals surface area (Å²) in [7, 11) is -2.93. The molecule has 0 unspecified atom stereocenters. The predicted octanol–water partition coefficient (Wildman–Crippen LogP) is 1.03. The van der Waals surface area contributed by atoms with Crippen molar-refractivity contribution in [2.45, 2.75) is 0 Å². The molecule has 1 aliphatic heterocycles. The Morgan fingerprint density at radius 2 is 1.74 bits per heavy atom. The monoisotopic (exact) mass is 329 g/mol. The maximum atomic E-state index is 11.6. The summed E-state index contributed by atoms with van der Waals surface area (Å²) in [6, 6.07) is 9.81. The highest BCUT2D eigenvalue weighted by Gasteiger charge is 2.25. The summed E-state index contributed by atoms with van der Waals surface area (Å²) in [5.74, 6) is 1.72. The van der Waals surface area contributed by atoms with Crippen molar-refractivity contribution in [1.82, 2.24) is 19.6 Å². The first-order valence-electron chi connectivity index (χ1n) is 7.35. The minimum absolute atomic E-state index is 0.148. The lowest BCUT2D eigenvalue weighted by atomic mass is 10.2. The lowest BCUT2D eigenvalue weighted by Gasteiger charge is -2.27. The van der Waals surface area contributed by atoms with Gasteiger partial charge >= 0.3 is 0 Å². The van der Waals surface area contributed by atoms with Gasteiger partial charge in [0.2, 0.25) is 5.65 Å². The first kappa shape index (κ1) is 14.1. The maximum absolute atomic E-state index is 11.6. The second-order valence-corrected chi connectivity index (χ2v) is 7.78. The summed E-state index contributed by atoms with van der Waals surface area (Å²) in [5.41, 5.74) is 1.61. The van der Waals surface area contributed by atoms with E-state index in [1.165, 1.54) is 0 Å². The Kier molecular flexibility index (Phi) is 3.26. The van der Waals surface area contributed by atoms with Gasteiger partial charge in [0.15, 0.2) is 21.5 Å². The molecular weight excluding hydrogens is 314 g/mol. The van der Waals surface area contributed by atoms with Crippen molar-refractivity contribution >= 4 is 21.3 Å². The van der Waals surface area contributed by atoms with Gasteiger partial charge < -0.3 is 4.90 Å². The van der Waals surface area contributed by atoms with Crippen molar-refractivity contribution < 1.29 is 8.42 Å². The third-order valence-corrected chi connectivity index (χ3v) is 5.59. The normalized spacial score (nSPS) is 17.5. The average Bonchev–Trinajstić information content (AvgIpc) is 3.00. The molecule has 1 aliphatic rings. The summed E-state index contributed by atoms with van der Waals surface area (Å²) in [6.07, 6.45) is 3.52. The summed E-state index contributed by atoms with van der Waals surface area (Å²) < 4.78 is 25.1. The van der Waals surface area contributed by atoms with Crippen LogP contribution in [0.25, 0.3) is 17.0 Å². The van der Waals surface area contributed by atoms with Crippen LogP contribution in [0.3, 0.4) is 0 Å². The molecule has 3 heterocycles. The Morgan fingerprint density at radius 3 is 2.48 bits per heavy atom. The zero-order valence-electron chi connectivity index (χ0n) is 12.3. The molecule has 8 heteroatoms. The number of hydrogen-bond acceptors (Lipinski definition) is 6. The number of hydrogen-bond donors (Lipinski definition) is 0. The van der Waals surface area contributed by atoms with E-state index in [2.05, 4.69) is 15.2 Å². The second kappa shape index (κ2) is 5.31. The Bertz CT molecular complexity index is 938. The van der Waals surface area contributed by atoms with Crippen molar-refractivity contribution in [1.29, 1.82) is 0 Å². The molecule has 1 saturated heterocycles. The van der Waals surface area contributed by atoms with Gasteiger partial charge in [-0.15, -0.1) is 10.2 Å². The van der Waals surface area contributed by atoms with Crippen LogP contribution < -0.4 is 4.90 Å². The van der Waals surface area contributed by atoms with Gasteiger partial charge in [0.05, 0.1) is 11.5 Å². The number of anilines is 1. The molecule has 2 aromatic heterocycles. The van der Waals surface area contributed by atoms with Crippen LogP contribution in [0, 0.1) is 0 Å². The number of benzene rings is 1. The van der Waals surface area contributed by atoms with Crippen LogP contribution in [0.4, 0.5) is 5.82 Å². The summed E-state index contributed by atoms with van der Waals surface area (Å²) >= 11 is 0. The van der Waals surface area contributed by atoms with E-state index in [4.69, 9.17) is 0 Å². The van der Waals surface area contributed by atoms with E-state index in [9.17, 15) is 8.42 Å². The number of aromatic nitrogens is 4. The van der Waals surface area contributed by atoms with E-state index < -0.39 is 9.84 Å². The zero-order chi connectivity index (χ0) is 15.9. The van der Waals surface area contributed by atoms with Crippen LogP contribution in [0.1, 0.15) is 0 Å². The van der Waals surface area contributed by atoms with Crippen LogP contribution in [-0.4, -0.2) is 52.6 Å². The highest BCUT2D eigenvalue weighted by Crippen LogP contribution is 2.23. The van der Waals surface area contributed by atoms with Crippen molar-refractivity contribution in [3.63, 3.8) is 0 Å². The Morgan fingerprint density at radius 1 is 1.00 bits per heavy atom. The van der Waals surface area contributed by atoms with E-state index >= 15 is 0 Å². The lowest BCUT2D eigenvalue weighted by Crippen LogP contribution is -2.40. The number of rotatable bonds is 2. The largest absolute Gasteiger partial charge is 0.351 e. The van der Waals surface area contributed by atoms with Gasteiger partial charge in [-0.25, -0.2) is 13.4 Å². The Balaban J connectivity index is 1.77. The van der Waals surface area contributed by atoms with Gasteiger partial charge in [-0.3, -0.25) is 4.40 Å². The standard InChI is InChI=1S/C15H15N5O2S/c21-23(22)10-8-19(9-11-23)14-15-18-17-13(20(15)7-6-16-14)12-4-2-1-3-5-12/h1-7H,8-11H2. The Hall–Kier alpha value is -2.48. The molecule has 3 aromatic rings. The van der Waals surface area contributed by atoms with Crippen LogP contribution in [0.2, 0.25) is 0 Å². The van der Waals surface area contributed by atoms with Gasteiger partial charge in [0.1, 0.15) is 0 Å². The maximum Gasteiger partial charge on any atom is 0.204 e. The van der Waals surface area contributed by atoms with Crippen molar-refractivity contribution in [2.24, 2.45) is 0 Å². The van der Waals surface area contributed by atoms with Crippen LogP contribution in [0.15, 0.2) is 42.7 Å². The highest BCUT2D eigenvalue weighted by atomic mass is 32.2. The zero-order valence-corrected chi connectivity index (χ0v) is 13.1. The fraction of sp³-hybridized carbons (Fsp3) is 0.267. The molecule has 0 amide bonds. The fourth-order valence-electron chi connectivity index (χ4n) is 2.74. The molecule has 1 fully saturated rings. The minimum Gasteiger partial charge on any atom is -0.351 e. The van der Waals surface area contributed by atoms with E-state index in [1.54, 1.807) is 6.20 Å². The van der Waals surface area contributed by atoms with Crippen molar-refractivity contribution in [3.05, 3.63) is 42.7 Å². The Labute approximate surface area is 133 Å². The summed E-state index contributed by atoms with van der Waals surface area (Å²) in [4.78, 5) is 6.35. The average molecular weight is 329 g/mol. The SMILES string of the molecule is O=S1(=O)CCN(c2nccn3c(-c4ccccc4)nnc23)CC1. The number of nitrogens with zero attached hydrogens (tertiary/aromatic N) is 5. The highest BCUT2D eigenvalue weighted by molar-refractivity contribution is 7.91. The van der Waals surface area contributed by atoms with E-state index in [0.29, 0.717) is 24.6 Å². The van der Waals surface area contributed by atoms with Crippen LogP contribution in [-0.2, 0) is 9.84 Å². The smallest absolute Gasteiger partial charge is 0.204 e. The molecule has 0 N–H and O–H groups in total. The topological polar surface area (TPSA) is 80.5 Å². The minimum atomic E-state index is -2.93. The van der Waals surface area contributed by atoms with Crippen LogP contribution >= 0.6 is 0 Å². The molecule has 4 rings (SSSR count). The third-order valence-electron chi connectivity index (χ3n) is 3.98. The molecule has 0 bridgehead atoms. The molecule has 0 radical (unpaired) electrons. The van der Waals surface area contributed by atoms with Gasteiger partial charge in [-0.1, -0.05) is 30.3 Å². The van der Waals surface area contributed by atoms with E-state index in [1.807, 2.05) is 45.8 Å². The number of sulfone groups is 1. The molecule has 0 spiro atoms. The van der Waals surface area contributed by atoms with Crippen molar-refractivity contribution in [3.8, 4) is 11.4 Å². The summed E-state index contributed by atoms with van der Waals surface area (Å²) in [5, 5.41) is 8.54. The molecule has 0 saturated carbocycles. The van der Waals surface area contributed by atoms with Gasteiger partial charge in [-0.2, -0.15) is 0 Å². The van der Waals surface area contributed by atoms with Crippen molar-refractivity contribution in [2.75, 3.05) is 29.5 Å². The third kappa shape index (κ3) is 2.55. The molecule has 0 atom stereocenters. The quantitative estimate of drug-likeness (QED) is 0.698. The van der Waals surface area contributed by atoms with Gasteiger partial charge in [0.25, 0.3) is 0 Å². The summed E-state index contributed by atoms with van der Waals surface area (Å²) in [6.45, 7) is 0.866. The van der Waals surface area contributed by atoms with E-state index in [-0.39, 0.29) is 11.5 Å². The number of fused-ring (bicyclic) bond motifs is 1. The molecule has 118 valence electrons. The van der Waals surface area contributed by atoms with Gasteiger partial charge in [0, 0.05) is 31.0 Å². The molecular formula is C15H15N5O2S. The fourth-order valence-corrected chi connectivity index (χ4v) is 3.95. The second-order valence-electron chi connectivity index (χ2n) is 5.47. The lowest BCUT2D eigenvalue weighted by molar-refractivity contribution is 0.586. The van der Waals surface area contributed by atoms with Gasteiger partial charge in [-0.05, 0) is 0 Å². The molecule has 0 aliphatic carbocycles. The molecule has 7 nitrogen and oxygen atoms in total. The molecule has 1 aromatic carbocycles. The van der Waals surface area contributed by atoms with Crippen LogP contribution in [0.5, 0.6) is 0 Å². The first-order valence-corrected chi connectivity index (χ1v) is 9.17. The first-order chi connectivity index (χ1) is 11.1. The molecule has 23 heavy (non-hydrogen) atoms.